The number of hydrogen-bond donors (Lipinski definition) is 1. The molecule has 2 aromatic rings. The lowest BCUT2D eigenvalue weighted by Crippen LogP contribution is -2.21. The molecule has 0 saturated heterocycles. The molecule has 17 heavy (non-hydrogen) atoms. The van der Waals surface area contributed by atoms with E-state index in [2.05, 4.69) is 0 Å². The summed E-state index contributed by atoms with van der Waals surface area (Å²) in [6, 6.07) is 10.6. The molecule has 0 fully saturated rings. The highest BCUT2D eigenvalue weighted by Gasteiger charge is 2.02. The number of pyridine rings is 1. The summed E-state index contributed by atoms with van der Waals surface area (Å²) in [7, 11) is 5.82. The first-order chi connectivity index (χ1) is 8.18. The van der Waals surface area contributed by atoms with E-state index in [1.54, 1.807) is 12.3 Å². The number of aryl methyl sites for hydroxylation is 2. The molecule has 1 aromatic heterocycles. The van der Waals surface area contributed by atoms with Gasteiger partial charge in [0.05, 0.1) is 0 Å². The van der Waals surface area contributed by atoms with Gasteiger partial charge >= 0.3 is 0 Å². The summed E-state index contributed by atoms with van der Waals surface area (Å²) in [5.41, 5.74) is 1.35. The Bertz CT molecular complexity index is 578. The van der Waals surface area contributed by atoms with Crippen molar-refractivity contribution in [1.82, 2.24) is 4.57 Å². The van der Waals surface area contributed by atoms with Crippen molar-refractivity contribution in [3.05, 3.63) is 58.5 Å². The lowest BCUT2D eigenvalue weighted by atomic mass is 9.89. The molecule has 4 heteroatoms. The van der Waals surface area contributed by atoms with Crippen molar-refractivity contribution >= 4 is 13.3 Å². The number of benzene rings is 1. The van der Waals surface area contributed by atoms with Crippen LogP contribution >= 0.6 is 0 Å². The standard InChI is InChI=1S/C13H12BNO2/c14-11-5-2-1-4-10(11)7-9-15-8-3-6-12(16)13(15)17/h1-6,8,16H,7,9H2. The first-order valence-electron chi connectivity index (χ1n) is 5.40. The van der Waals surface area contributed by atoms with Gasteiger partial charge in [0.15, 0.2) is 5.75 Å². The summed E-state index contributed by atoms with van der Waals surface area (Å²) < 4.78 is 1.47. The second-order valence-corrected chi connectivity index (χ2v) is 3.84. The number of aromatic nitrogens is 1. The Morgan fingerprint density at radius 3 is 2.71 bits per heavy atom. The van der Waals surface area contributed by atoms with Gasteiger partial charge in [-0.15, -0.1) is 0 Å². The van der Waals surface area contributed by atoms with Gasteiger partial charge in [-0.1, -0.05) is 35.3 Å². The summed E-state index contributed by atoms with van der Waals surface area (Å²) in [6.45, 7) is 0.501. The van der Waals surface area contributed by atoms with E-state index in [0.717, 1.165) is 11.0 Å². The quantitative estimate of drug-likeness (QED) is 0.777. The van der Waals surface area contributed by atoms with Gasteiger partial charge in [-0.25, -0.2) is 0 Å². The highest BCUT2D eigenvalue weighted by atomic mass is 16.3. The molecule has 0 amide bonds. The summed E-state index contributed by atoms with van der Waals surface area (Å²) in [6.07, 6.45) is 2.32. The van der Waals surface area contributed by atoms with Crippen molar-refractivity contribution in [2.75, 3.05) is 0 Å². The van der Waals surface area contributed by atoms with Gasteiger partial charge < -0.3 is 9.67 Å². The summed E-state index contributed by atoms with van der Waals surface area (Å²) in [4.78, 5) is 11.6. The van der Waals surface area contributed by atoms with E-state index in [1.807, 2.05) is 24.3 Å². The van der Waals surface area contributed by atoms with Crippen molar-refractivity contribution in [2.45, 2.75) is 13.0 Å². The minimum absolute atomic E-state index is 0.228. The molecule has 0 aliphatic rings. The Morgan fingerprint density at radius 2 is 1.94 bits per heavy atom. The van der Waals surface area contributed by atoms with Crippen LogP contribution in [0.25, 0.3) is 0 Å². The molecular formula is C13H12BNO2. The van der Waals surface area contributed by atoms with E-state index in [-0.39, 0.29) is 11.3 Å². The maximum Gasteiger partial charge on any atom is 0.292 e. The highest BCUT2D eigenvalue weighted by Crippen LogP contribution is 2.01. The third-order valence-corrected chi connectivity index (χ3v) is 2.68. The fourth-order valence-corrected chi connectivity index (χ4v) is 1.70. The van der Waals surface area contributed by atoms with Crippen LogP contribution in [0.15, 0.2) is 47.4 Å². The Morgan fingerprint density at radius 1 is 1.18 bits per heavy atom. The van der Waals surface area contributed by atoms with Gasteiger partial charge in [-0.05, 0) is 18.6 Å². The molecule has 0 spiro atoms. The van der Waals surface area contributed by atoms with Crippen molar-refractivity contribution in [2.24, 2.45) is 0 Å². The summed E-state index contributed by atoms with van der Waals surface area (Å²) >= 11 is 0. The van der Waals surface area contributed by atoms with Crippen LogP contribution in [0.4, 0.5) is 0 Å². The fourth-order valence-electron chi connectivity index (χ4n) is 1.70. The summed E-state index contributed by atoms with van der Waals surface area (Å²) in [5.74, 6) is -0.228. The topological polar surface area (TPSA) is 42.2 Å². The average Bonchev–Trinajstić information content (AvgIpc) is 2.33. The molecule has 1 N–H and O–H groups in total. The molecule has 2 radical (unpaired) electrons. The van der Waals surface area contributed by atoms with Crippen LogP contribution in [0.2, 0.25) is 0 Å². The third-order valence-electron chi connectivity index (χ3n) is 2.68. The molecule has 84 valence electrons. The van der Waals surface area contributed by atoms with E-state index in [9.17, 15) is 9.90 Å². The predicted octanol–water partition coefficient (Wildman–Crippen LogP) is 0.590. The molecule has 0 aliphatic heterocycles. The molecule has 2 rings (SSSR count). The van der Waals surface area contributed by atoms with Gasteiger partial charge in [0, 0.05) is 12.7 Å². The van der Waals surface area contributed by atoms with E-state index < -0.39 is 0 Å². The van der Waals surface area contributed by atoms with Crippen LogP contribution < -0.4 is 11.0 Å². The third kappa shape index (κ3) is 2.59. The Kier molecular flexibility index (Phi) is 3.33. The summed E-state index contributed by atoms with van der Waals surface area (Å²) in [5, 5.41) is 9.29. The van der Waals surface area contributed by atoms with E-state index in [0.29, 0.717) is 13.0 Å². The molecule has 0 aliphatic carbocycles. The van der Waals surface area contributed by atoms with E-state index in [1.165, 1.54) is 10.6 Å². The Balaban J connectivity index is 2.16. The van der Waals surface area contributed by atoms with Gasteiger partial charge in [-0.2, -0.15) is 0 Å². The average molecular weight is 225 g/mol. The smallest absolute Gasteiger partial charge is 0.292 e. The first-order valence-corrected chi connectivity index (χ1v) is 5.40. The molecule has 3 nitrogen and oxygen atoms in total. The van der Waals surface area contributed by atoms with Crippen LogP contribution in [-0.4, -0.2) is 17.5 Å². The lowest BCUT2D eigenvalue weighted by molar-refractivity contribution is 0.456. The number of aromatic hydroxyl groups is 1. The van der Waals surface area contributed by atoms with Crippen molar-refractivity contribution < 1.29 is 5.11 Å². The van der Waals surface area contributed by atoms with Crippen molar-refractivity contribution in [1.29, 1.82) is 0 Å². The van der Waals surface area contributed by atoms with Crippen LogP contribution in [0.1, 0.15) is 5.56 Å². The number of rotatable bonds is 3. The van der Waals surface area contributed by atoms with Gasteiger partial charge in [-0.3, -0.25) is 4.79 Å². The van der Waals surface area contributed by atoms with E-state index in [4.69, 9.17) is 7.85 Å². The largest absolute Gasteiger partial charge is 0.503 e. The molecule has 0 bridgehead atoms. The van der Waals surface area contributed by atoms with Crippen LogP contribution in [0, 0.1) is 0 Å². The lowest BCUT2D eigenvalue weighted by Gasteiger charge is -2.08. The highest BCUT2D eigenvalue weighted by molar-refractivity contribution is 6.33. The zero-order valence-corrected chi connectivity index (χ0v) is 9.34. The zero-order chi connectivity index (χ0) is 12.3. The Labute approximate surface area is 101 Å². The molecule has 0 atom stereocenters. The SMILES string of the molecule is [B]c1ccccc1CCn1cccc(O)c1=O. The minimum Gasteiger partial charge on any atom is -0.503 e. The second kappa shape index (κ2) is 4.91. The minimum atomic E-state index is -0.373. The number of nitrogens with zero attached hydrogens (tertiary/aromatic N) is 1. The van der Waals surface area contributed by atoms with Crippen molar-refractivity contribution in [3.63, 3.8) is 0 Å². The fraction of sp³-hybridized carbons (Fsp3) is 0.154. The van der Waals surface area contributed by atoms with Crippen LogP contribution in [-0.2, 0) is 13.0 Å². The predicted molar refractivity (Wildman–Crippen MR) is 67.9 cm³/mol. The van der Waals surface area contributed by atoms with Gasteiger partial charge in [0.2, 0.25) is 0 Å². The molecule has 1 heterocycles. The van der Waals surface area contributed by atoms with E-state index >= 15 is 0 Å². The molecule has 0 saturated carbocycles. The first kappa shape index (κ1) is 11.5. The normalized spacial score (nSPS) is 10.4. The molecule has 0 unspecified atom stereocenters. The van der Waals surface area contributed by atoms with Crippen LogP contribution in [0.3, 0.4) is 0 Å². The van der Waals surface area contributed by atoms with Gasteiger partial charge in [0.25, 0.3) is 5.56 Å². The zero-order valence-electron chi connectivity index (χ0n) is 9.34. The molecule has 1 aromatic carbocycles. The maximum atomic E-state index is 11.6. The van der Waals surface area contributed by atoms with Gasteiger partial charge in [0.1, 0.15) is 7.85 Å². The number of hydrogen-bond acceptors (Lipinski definition) is 2. The second-order valence-electron chi connectivity index (χ2n) is 3.84. The van der Waals surface area contributed by atoms with Crippen LogP contribution in [0.5, 0.6) is 5.75 Å². The molecular weight excluding hydrogens is 213 g/mol. The Hall–Kier alpha value is -1.97. The van der Waals surface area contributed by atoms with Crippen molar-refractivity contribution in [3.8, 4) is 5.75 Å². The monoisotopic (exact) mass is 225 g/mol. The maximum absolute atomic E-state index is 11.6.